The molecule has 126 valence electrons. The molecule has 0 aliphatic carbocycles. The molecule has 0 saturated carbocycles. The first kappa shape index (κ1) is 15.3. The number of benzene rings is 1. The SMILES string of the molecule is O=S1(=O)CCC(Nc2cnnc(N3CCc4ccccc4C3)n2)C1. The van der Waals surface area contributed by atoms with E-state index in [1.54, 1.807) is 6.20 Å². The molecule has 1 atom stereocenters. The summed E-state index contributed by atoms with van der Waals surface area (Å²) in [6.45, 7) is 1.61. The van der Waals surface area contributed by atoms with Crippen LogP contribution in [0.4, 0.5) is 11.8 Å². The average molecular weight is 345 g/mol. The Bertz CT molecular complexity index is 855. The van der Waals surface area contributed by atoms with Crippen molar-refractivity contribution in [1.82, 2.24) is 15.2 Å². The number of aromatic nitrogens is 3. The molecule has 0 radical (unpaired) electrons. The van der Waals surface area contributed by atoms with Gasteiger partial charge in [-0.1, -0.05) is 24.3 Å². The van der Waals surface area contributed by atoms with Crippen LogP contribution < -0.4 is 10.2 Å². The first-order chi connectivity index (χ1) is 11.6. The summed E-state index contributed by atoms with van der Waals surface area (Å²) >= 11 is 0. The average Bonchev–Trinajstić information content (AvgIpc) is 2.93. The summed E-state index contributed by atoms with van der Waals surface area (Å²) in [7, 11) is -2.92. The molecular weight excluding hydrogens is 326 g/mol. The number of sulfone groups is 1. The van der Waals surface area contributed by atoms with Gasteiger partial charge < -0.3 is 10.2 Å². The standard InChI is InChI=1S/C16H19N5O2S/c22-24(23)8-6-14(11-24)18-15-9-17-20-16(19-15)21-7-5-12-3-1-2-4-13(12)10-21/h1-4,9,14H,5-8,10-11H2,(H,18,19,20). The number of hydrogen-bond acceptors (Lipinski definition) is 7. The second-order valence-electron chi connectivity index (χ2n) is 6.33. The lowest BCUT2D eigenvalue weighted by molar-refractivity contribution is 0.602. The molecule has 2 aliphatic rings. The molecule has 1 aromatic heterocycles. The molecule has 1 saturated heterocycles. The molecule has 2 aliphatic heterocycles. The molecular formula is C16H19N5O2S. The van der Waals surface area contributed by atoms with Crippen LogP contribution in [0.1, 0.15) is 17.5 Å². The van der Waals surface area contributed by atoms with Crippen LogP contribution in [0.3, 0.4) is 0 Å². The number of rotatable bonds is 3. The van der Waals surface area contributed by atoms with Gasteiger partial charge in [-0.25, -0.2) is 8.42 Å². The highest BCUT2D eigenvalue weighted by atomic mass is 32.2. The fourth-order valence-electron chi connectivity index (χ4n) is 3.28. The number of hydrogen-bond donors (Lipinski definition) is 1. The van der Waals surface area contributed by atoms with E-state index < -0.39 is 9.84 Å². The molecule has 1 aromatic carbocycles. The second-order valence-corrected chi connectivity index (χ2v) is 8.55. The van der Waals surface area contributed by atoms with Gasteiger partial charge >= 0.3 is 0 Å². The zero-order chi connectivity index (χ0) is 16.6. The Kier molecular flexibility index (Phi) is 3.84. The van der Waals surface area contributed by atoms with Gasteiger partial charge in [-0.3, -0.25) is 0 Å². The molecule has 4 rings (SSSR count). The highest BCUT2D eigenvalue weighted by molar-refractivity contribution is 7.91. The van der Waals surface area contributed by atoms with E-state index in [-0.39, 0.29) is 17.5 Å². The monoisotopic (exact) mass is 345 g/mol. The van der Waals surface area contributed by atoms with Crippen molar-refractivity contribution < 1.29 is 8.42 Å². The van der Waals surface area contributed by atoms with Gasteiger partial charge in [-0.2, -0.15) is 10.1 Å². The fraction of sp³-hybridized carbons (Fsp3) is 0.438. The lowest BCUT2D eigenvalue weighted by atomic mass is 10.0. The summed E-state index contributed by atoms with van der Waals surface area (Å²) < 4.78 is 23.1. The van der Waals surface area contributed by atoms with Crippen molar-refractivity contribution >= 4 is 21.6 Å². The number of nitrogens with zero attached hydrogens (tertiary/aromatic N) is 4. The fourth-order valence-corrected chi connectivity index (χ4v) is 4.96. The van der Waals surface area contributed by atoms with Crippen LogP contribution in [-0.2, 0) is 22.8 Å². The molecule has 8 heteroatoms. The van der Waals surface area contributed by atoms with Crippen molar-refractivity contribution in [3.05, 3.63) is 41.6 Å². The van der Waals surface area contributed by atoms with Crippen molar-refractivity contribution in [2.75, 3.05) is 28.3 Å². The lowest BCUT2D eigenvalue weighted by Crippen LogP contribution is -2.32. The molecule has 3 heterocycles. The topological polar surface area (TPSA) is 88.1 Å². The van der Waals surface area contributed by atoms with Crippen LogP contribution >= 0.6 is 0 Å². The summed E-state index contributed by atoms with van der Waals surface area (Å²) in [5, 5.41) is 11.3. The maximum atomic E-state index is 11.6. The Labute approximate surface area is 141 Å². The highest BCUT2D eigenvalue weighted by Gasteiger charge is 2.28. The zero-order valence-electron chi connectivity index (χ0n) is 13.2. The minimum Gasteiger partial charge on any atom is -0.365 e. The molecule has 7 nitrogen and oxygen atoms in total. The van der Waals surface area contributed by atoms with Gasteiger partial charge in [0.1, 0.15) is 0 Å². The first-order valence-corrected chi connectivity index (χ1v) is 9.90. The first-order valence-electron chi connectivity index (χ1n) is 8.07. The van der Waals surface area contributed by atoms with Crippen molar-refractivity contribution in [2.24, 2.45) is 0 Å². The third kappa shape index (κ3) is 3.19. The Hall–Kier alpha value is -2.22. The third-order valence-corrected chi connectivity index (χ3v) is 6.31. The van der Waals surface area contributed by atoms with Crippen molar-refractivity contribution in [3.8, 4) is 0 Å². The van der Waals surface area contributed by atoms with E-state index >= 15 is 0 Å². The summed E-state index contributed by atoms with van der Waals surface area (Å²) in [4.78, 5) is 6.63. The van der Waals surface area contributed by atoms with E-state index in [0.717, 1.165) is 19.5 Å². The Balaban J connectivity index is 1.49. The number of anilines is 2. The molecule has 0 bridgehead atoms. The Morgan fingerprint density at radius 1 is 1.21 bits per heavy atom. The molecule has 1 fully saturated rings. The normalized spacial score (nSPS) is 22.2. The van der Waals surface area contributed by atoms with E-state index in [2.05, 4.69) is 43.6 Å². The highest BCUT2D eigenvalue weighted by Crippen LogP contribution is 2.22. The van der Waals surface area contributed by atoms with Gasteiger partial charge in [0, 0.05) is 19.1 Å². The number of fused-ring (bicyclic) bond motifs is 1. The van der Waals surface area contributed by atoms with Gasteiger partial charge in [0.15, 0.2) is 15.7 Å². The molecule has 0 spiro atoms. The quantitative estimate of drug-likeness (QED) is 0.889. The molecule has 24 heavy (non-hydrogen) atoms. The van der Waals surface area contributed by atoms with Crippen molar-refractivity contribution in [2.45, 2.75) is 25.4 Å². The predicted octanol–water partition coefficient (Wildman–Crippen LogP) is 1.03. The maximum absolute atomic E-state index is 11.6. The van der Waals surface area contributed by atoms with Crippen LogP contribution in [0.15, 0.2) is 30.5 Å². The minimum atomic E-state index is -2.92. The van der Waals surface area contributed by atoms with E-state index in [4.69, 9.17) is 0 Å². The molecule has 1 N–H and O–H groups in total. The Morgan fingerprint density at radius 2 is 2.04 bits per heavy atom. The van der Waals surface area contributed by atoms with Crippen molar-refractivity contribution in [1.29, 1.82) is 0 Å². The smallest absolute Gasteiger partial charge is 0.247 e. The lowest BCUT2D eigenvalue weighted by Gasteiger charge is -2.28. The van der Waals surface area contributed by atoms with E-state index in [0.29, 0.717) is 18.2 Å². The van der Waals surface area contributed by atoms with Gasteiger partial charge in [0.2, 0.25) is 5.95 Å². The largest absolute Gasteiger partial charge is 0.365 e. The van der Waals surface area contributed by atoms with Crippen LogP contribution in [0.5, 0.6) is 0 Å². The van der Waals surface area contributed by atoms with E-state index in [1.165, 1.54) is 11.1 Å². The second kappa shape index (κ2) is 6.01. The third-order valence-electron chi connectivity index (χ3n) is 4.55. The summed E-state index contributed by atoms with van der Waals surface area (Å²) in [6, 6.07) is 8.29. The van der Waals surface area contributed by atoms with Gasteiger partial charge in [0.05, 0.1) is 17.7 Å². The van der Waals surface area contributed by atoms with Crippen LogP contribution in [-0.4, -0.2) is 47.7 Å². The van der Waals surface area contributed by atoms with Crippen LogP contribution in [0.2, 0.25) is 0 Å². The summed E-state index contributed by atoms with van der Waals surface area (Å²) in [5.74, 6) is 1.55. The minimum absolute atomic E-state index is 0.0957. The van der Waals surface area contributed by atoms with Gasteiger partial charge in [-0.05, 0) is 24.0 Å². The zero-order valence-corrected chi connectivity index (χ0v) is 14.0. The summed E-state index contributed by atoms with van der Waals surface area (Å²) in [5.41, 5.74) is 2.65. The van der Waals surface area contributed by atoms with Crippen molar-refractivity contribution in [3.63, 3.8) is 0 Å². The molecule has 0 amide bonds. The summed E-state index contributed by atoms with van der Waals surface area (Å²) in [6.07, 6.45) is 3.11. The predicted molar refractivity (Wildman–Crippen MR) is 91.7 cm³/mol. The van der Waals surface area contributed by atoms with Crippen LogP contribution in [0, 0.1) is 0 Å². The molecule has 1 unspecified atom stereocenters. The number of nitrogens with one attached hydrogen (secondary N) is 1. The maximum Gasteiger partial charge on any atom is 0.247 e. The van der Waals surface area contributed by atoms with E-state index in [9.17, 15) is 8.42 Å². The van der Waals surface area contributed by atoms with Crippen LogP contribution in [0.25, 0.3) is 0 Å². The van der Waals surface area contributed by atoms with Gasteiger partial charge in [0.25, 0.3) is 0 Å². The Morgan fingerprint density at radius 3 is 2.83 bits per heavy atom. The van der Waals surface area contributed by atoms with Gasteiger partial charge in [-0.15, -0.1) is 5.10 Å². The molecule has 2 aromatic rings. The van der Waals surface area contributed by atoms with E-state index in [1.807, 2.05) is 6.07 Å².